The number of thioether (sulfide) groups is 1. The Balaban J connectivity index is 1.86. The maximum absolute atomic E-state index is 12.1. The number of rotatable bonds is 7. The van der Waals surface area contributed by atoms with Gasteiger partial charge in [0.15, 0.2) is 0 Å². The van der Waals surface area contributed by atoms with Crippen LogP contribution < -0.4 is 10.6 Å². The van der Waals surface area contributed by atoms with Crippen molar-refractivity contribution in [2.45, 2.75) is 62.1 Å². The SMILES string of the molecule is CCCCCC(C)NC(=O)CC1Sc2ccc(Cl)cc2NC1=O. The second-order valence-electron chi connectivity index (χ2n) is 5.90. The van der Waals surface area contributed by atoms with E-state index in [4.69, 9.17) is 11.6 Å². The van der Waals surface area contributed by atoms with Gasteiger partial charge in [-0.2, -0.15) is 0 Å². The zero-order valence-electron chi connectivity index (χ0n) is 13.5. The first-order valence-electron chi connectivity index (χ1n) is 8.06. The Morgan fingerprint density at radius 3 is 2.96 bits per heavy atom. The van der Waals surface area contributed by atoms with Crippen LogP contribution in [0.3, 0.4) is 0 Å². The first-order valence-corrected chi connectivity index (χ1v) is 9.31. The van der Waals surface area contributed by atoms with Crippen LogP contribution in [0.4, 0.5) is 5.69 Å². The highest BCUT2D eigenvalue weighted by Crippen LogP contribution is 2.38. The van der Waals surface area contributed by atoms with Gasteiger partial charge in [0.2, 0.25) is 11.8 Å². The van der Waals surface area contributed by atoms with Gasteiger partial charge in [0.25, 0.3) is 0 Å². The average molecular weight is 355 g/mol. The minimum Gasteiger partial charge on any atom is -0.354 e. The van der Waals surface area contributed by atoms with Crippen molar-refractivity contribution < 1.29 is 9.59 Å². The van der Waals surface area contributed by atoms with Crippen molar-refractivity contribution in [2.24, 2.45) is 0 Å². The number of amides is 2. The summed E-state index contributed by atoms with van der Waals surface area (Å²) < 4.78 is 0. The first kappa shape index (κ1) is 18.1. The molecule has 1 aromatic carbocycles. The zero-order valence-corrected chi connectivity index (χ0v) is 15.1. The summed E-state index contributed by atoms with van der Waals surface area (Å²) in [4.78, 5) is 25.2. The highest BCUT2D eigenvalue weighted by atomic mass is 35.5. The van der Waals surface area contributed by atoms with Crippen LogP contribution in [0.5, 0.6) is 0 Å². The molecule has 0 aromatic heterocycles. The van der Waals surface area contributed by atoms with Gasteiger partial charge in [-0.05, 0) is 31.5 Å². The molecule has 6 heteroatoms. The number of fused-ring (bicyclic) bond motifs is 1. The van der Waals surface area contributed by atoms with Crippen LogP contribution >= 0.6 is 23.4 Å². The van der Waals surface area contributed by atoms with E-state index in [9.17, 15) is 9.59 Å². The molecule has 1 aliphatic rings. The highest BCUT2D eigenvalue weighted by molar-refractivity contribution is 8.01. The Morgan fingerprint density at radius 2 is 2.22 bits per heavy atom. The van der Waals surface area contributed by atoms with E-state index in [1.807, 2.05) is 13.0 Å². The molecule has 0 aliphatic carbocycles. The van der Waals surface area contributed by atoms with Crippen LogP contribution in [0.25, 0.3) is 0 Å². The van der Waals surface area contributed by atoms with Gasteiger partial charge in [-0.25, -0.2) is 0 Å². The van der Waals surface area contributed by atoms with Crippen molar-refractivity contribution in [3.8, 4) is 0 Å². The molecule has 0 saturated carbocycles. The lowest BCUT2D eigenvalue weighted by Gasteiger charge is -2.24. The Morgan fingerprint density at radius 1 is 1.43 bits per heavy atom. The second kappa shape index (κ2) is 8.60. The van der Waals surface area contributed by atoms with Crippen molar-refractivity contribution in [1.82, 2.24) is 5.32 Å². The maximum Gasteiger partial charge on any atom is 0.238 e. The number of carbonyl (C=O) groups excluding carboxylic acids is 2. The van der Waals surface area contributed by atoms with Crippen molar-refractivity contribution in [3.63, 3.8) is 0 Å². The number of nitrogens with one attached hydrogen (secondary N) is 2. The number of halogens is 1. The van der Waals surface area contributed by atoms with Crippen LogP contribution in [0, 0.1) is 0 Å². The Labute approximate surface area is 146 Å². The molecule has 2 atom stereocenters. The molecule has 1 aliphatic heterocycles. The zero-order chi connectivity index (χ0) is 16.8. The van der Waals surface area contributed by atoms with Crippen LogP contribution in [-0.4, -0.2) is 23.1 Å². The van der Waals surface area contributed by atoms with Gasteiger partial charge in [0, 0.05) is 22.4 Å². The summed E-state index contributed by atoms with van der Waals surface area (Å²) in [5.41, 5.74) is 0.720. The molecule has 2 unspecified atom stereocenters. The fourth-order valence-corrected chi connectivity index (χ4v) is 3.79. The molecule has 0 fully saturated rings. The molecule has 2 amide bonds. The number of hydrogen-bond acceptors (Lipinski definition) is 3. The summed E-state index contributed by atoms with van der Waals surface area (Å²) in [7, 11) is 0. The number of unbranched alkanes of at least 4 members (excludes halogenated alkanes) is 2. The van der Waals surface area contributed by atoms with Crippen molar-refractivity contribution >= 4 is 40.9 Å². The normalized spacial score (nSPS) is 18.0. The maximum atomic E-state index is 12.1. The van der Waals surface area contributed by atoms with Crippen LogP contribution in [0.1, 0.15) is 46.0 Å². The van der Waals surface area contributed by atoms with Crippen LogP contribution in [0.15, 0.2) is 23.1 Å². The molecule has 1 heterocycles. The Bertz CT molecular complexity index is 580. The molecule has 0 radical (unpaired) electrons. The van der Waals surface area contributed by atoms with Gasteiger partial charge < -0.3 is 10.6 Å². The third-order valence-corrected chi connectivity index (χ3v) is 5.29. The standard InChI is InChI=1S/C17H23ClN2O2S/c1-3-4-5-6-11(2)19-16(21)10-15-17(22)20-13-9-12(18)7-8-14(13)23-15/h7-9,11,15H,3-6,10H2,1-2H3,(H,19,21)(H,20,22). The van der Waals surface area contributed by atoms with Gasteiger partial charge in [-0.3, -0.25) is 9.59 Å². The van der Waals surface area contributed by atoms with Crippen molar-refractivity contribution in [3.05, 3.63) is 23.2 Å². The van der Waals surface area contributed by atoms with E-state index in [0.717, 1.165) is 23.4 Å². The molecule has 1 aromatic rings. The lowest BCUT2D eigenvalue weighted by atomic mass is 10.1. The predicted molar refractivity (Wildman–Crippen MR) is 96.1 cm³/mol. The molecule has 4 nitrogen and oxygen atoms in total. The van der Waals surface area contributed by atoms with E-state index >= 15 is 0 Å². The molecule has 0 saturated heterocycles. The summed E-state index contributed by atoms with van der Waals surface area (Å²) in [6.07, 6.45) is 4.63. The fraction of sp³-hybridized carbons (Fsp3) is 0.529. The number of hydrogen-bond donors (Lipinski definition) is 2. The van der Waals surface area contributed by atoms with Crippen LogP contribution in [-0.2, 0) is 9.59 Å². The Kier molecular flexibility index (Phi) is 6.78. The smallest absolute Gasteiger partial charge is 0.238 e. The molecule has 2 N–H and O–H groups in total. The van der Waals surface area contributed by atoms with E-state index in [1.54, 1.807) is 12.1 Å². The summed E-state index contributed by atoms with van der Waals surface area (Å²) in [5, 5.41) is 6.00. The third kappa shape index (κ3) is 5.43. The van der Waals surface area contributed by atoms with E-state index in [0.29, 0.717) is 5.02 Å². The monoisotopic (exact) mass is 354 g/mol. The van der Waals surface area contributed by atoms with Gasteiger partial charge in [0.05, 0.1) is 10.9 Å². The number of benzene rings is 1. The predicted octanol–water partition coefficient (Wildman–Crippen LogP) is 4.23. The van der Waals surface area contributed by atoms with E-state index in [-0.39, 0.29) is 24.3 Å². The summed E-state index contributed by atoms with van der Waals surface area (Å²) in [5.74, 6) is -0.211. The lowest BCUT2D eigenvalue weighted by molar-refractivity contribution is -0.124. The largest absolute Gasteiger partial charge is 0.354 e. The van der Waals surface area contributed by atoms with Crippen molar-refractivity contribution in [2.75, 3.05) is 5.32 Å². The van der Waals surface area contributed by atoms with E-state index < -0.39 is 5.25 Å². The molecular formula is C17H23ClN2O2S. The van der Waals surface area contributed by atoms with Gasteiger partial charge in [0.1, 0.15) is 0 Å². The van der Waals surface area contributed by atoms with E-state index in [2.05, 4.69) is 17.6 Å². The number of carbonyl (C=O) groups is 2. The Hall–Kier alpha value is -1.20. The average Bonchev–Trinajstić information content (AvgIpc) is 2.48. The van der Waals surface area contributed by atoms with Gasteiger partial charge >= 0.3 is 0 Å². The molecule has 2 rings (SSSR count). The third-order valence-electron chi connectivity index (χ3n) is 3.78. The molecular weight excluding hydrogens is 332 g/mol. The molecule has 126 valence electrons. The molecule has 0 spiro atoms. The van der Waals surface area contributed by atoms with Crippen LogP contribution in [0.2, 0.25) is 5.02 Å². The summed E-state index contributed by atoms with van der Waals surface area (Å²) in [6, 6.07) is 5.54. The van der Waals surface area contributed by atoms with Gasteiger partial charge in [-0.15, -0.1) is 11.8 Å². The lowest BCUT2D eigenvalue weighted by Crippen LogP contribution is -2.38. The number of anilines is 1. The first-order chi connectivity index (χ1) is 11.0. The second-order valence-corrected chi connectivity index (χ2v) is 7.59. The highest BCUT2D eigenvalue weighted by Gasteiger charge is 2.29. The summed E-state index contributed by atoms with van der Waals surface area (Å²) >= 11 is 7.35. The van der Waals surface area contributed by atoms with E-state index in [1.165, 1.54) is 24.6 Å². The van der Waals surface area contributed by atoms with Crippen molar-refractivity contribution in [1.29, 1.82) is 0 Å². The fourth-order valence-electron chi connectivity index (χ4n) is 2.53. The quantitative estimate of drug-likeness (QED) is 0.720. The minimum absolute atomic E-state index is 0.0703. The molecule has 0 bridgehead atoms. The minimum atomic E-state index is -0.397. The molecule has 23 heavy (non-hydrogen) atoms. The summed E-state index contributed by atoms with van der Waals surface area (Å²) in [6.45, 7) is 4.17. The topological polar surface area (TPSA) is 58.2 Å². The van der Waals surface area contributed by atoms with Gasteiger partial charge in [-0.1, -0.05) is 37.8 Å².